The monoisotopic (exact) mass is 217 g/mol. The highest BCUT2D eigenvalue weighted by Gasteiger charge is 2.18. The molecule has 2 nitrogen and oxygen atoms in total. The molecule has 0 bridgehead atoms. The number of phenols is 1. The van der Waals surface area contributed by atoms with E-state index in [0.29, 0.717) is 11.8 Å². The third-order valence-corrected chi connectivity index (χ3v) is 3.17. The summed E-state index contributed by atoms with van der Waals surface area (Å²) in [5.41, 5.74) is 1.01. The van der Waals surface area contributed by atoms with E-state index >= 15 is 0 Å². The number of nitrogens with one attached hydrogen (secondary N) is 1. The van der Waals surface area contributed by atoms with Crippen molar-refractivity contribution < 1.29 is 5.11 Å². The van der Waals surface area contributed by atoms with Crippen LogP contribution in [-0.2, 0) is 0 Å². The molecule has 0 aliphatic heterocycles. The second-order valence-electron chi connectivity index (χ2n) is 4.33. The lowest BCUT2D eigenvalue weighted by Crippen LogP contribution is -2.30. The van der Waals surface area contributed by atoms with Gasteiger partial charge in [0.1, 0.15) is 5.75 Å². The Labute approximate surface area is 97.0 Å². The van der Waals surface area contributed by atoms with Gasteiger partial charge in [-0.15, -0.1) is 0 Å². The summed E-state index contributed by atoms with van der Waals surface area (Å²) in [5.74, 6) is 0.396. The van der Waals surface area contributed by atoms with Crippen LogP contribution in [0.25, 0.3) is 0 Å². The molecule has 1 aromatic rings. The molecule has 86 valence electrons. The van der Waals surface area contributed by atoms with Crippen LogP contribution in [0.1, 0.15) is 37.8 Å². The SMILES string of the molecule is CC[C@H](NC1CC=CC1)c1ccccc1O. The van der Waals surface area contributed by atoms with Gasteiger partial charge >= 0.3 is 0 Å². The highest BCUT2D eigenvalue weighted by molar-refractivity contribution is 5.34. The smallest absolute Gasteiger partial charge is 0.120 e. The van der Waals surface area contributed by atoms with E-state index < -0.39 is 0 Å². The Bertz CT molecular complexity index is 365. The third-order valence-electron chi connectivity index (χ3n) is 3.17. The Kier molecular flexibility index (Phi) is 3.62. The van der Waals surface area contributed by atoms with Gasteiger partial charge in [-0.05, 0) is 25.3 Å². The molecular formula is C14H19NO. The fraction of sp³-hybridized carbons (Fsp3) is 0.429. The van der Waals surface area contributed by atoms with Gasteiger partial charge in [0.25, 0.3) is 0 Å². The van der Waals surface area contributed by atoms with Crippen molar-refractivity contribution in [2.75, 3.05) is 0 Å². The molecule has 1 atom stereocenters. The van der Waals surface area contributed by atoms with Gasteiger partial charge in [-0.25, -0.2) is 0 Å². The van der Waals surface area contributed by atoms with Crippen molar-refractivity contribution in [3.05, 3.63) is 42.0 Å². The molecule has 2 heteroatoms. The summed E-state index contributed by atoms with van der Waals surface area (Å²) >= 11 is 0. The molecular weight excluding hydrogens is 198 g/mol. The van der Waals surface area contributed by atoms with E-state index in [1.165, 1.54) is 0 Å². The van der Waals surface area contributed by atoms with E-state index in [0.717, 1.165) is 24.8 Å². The normalized spacial score (nSPS) is 17.8. The van der Waals surface area contributed by atoms with Gasteiger partial charge in [0, 0.05) is 17.6 Å². The quantitative estimate of drug-likeness (QED) is 0.759. The van der Waals surface area contributed by atoms with Crippen LogP contribution in [0.4, 0.5) is 0 Å². The second-order valence-corrected chi connectivity index (χ2v) is 4.33. The molecule has 0 radical (unpaired) electrons. The summed E-state index contributed by atoms with van der Waals surface area (Å²) in [4.78, 5) is 0. The molecule has 0 aromatic heterocycles. The fourth-order valence-electron chi connectivity index (χ4n) is 2.25. The van der Waals surface area contributed by atoms with Crippen LogP contribution in [0.15, 0.2) is 36.4 Å². The van der Waals surface area contributed by atoms with Gasteiger partial charge in [0.2, 0.25) is 0 Å². The van der Waals surface area contributed by atoms with E-state index in [2.05, 4.69) is 24.4 Å². The molecule has 0 fully saturated rings. The Morgan fingerprint density at radius 3 is 2.62 bits per heavy atom. The van der Waals surface area contributed by atoms with Gasteiger partial charge in [0.15, 0.2) is 0 Å². The molecule has 0 heterocycles. The summed E-state index contributed by atoms with van der Waals surface area (Å²) in [5, 5.41) is 13.4. The number of rotatable bonds is 4. The maximum Gasteiger partial charge on any atom is 0.120 e. The van der Waals surface area contributed by atoms with Crippen molar-refractivity contribution in [2.24, 2.45) is 0 Å². The Morgan fingerprint density at radius 2 is 2.00 bits per heavy atom. The van der Waals surface area contributed by atoms with Crippen molar-refractivity contribution in [1.29, 1.82) is 0 Å². The summed E-state index contributed by atoms with van der Waals surface area (Å²) < 4.78 is 0. The van der Waals surface area contributed by atoms with Gasteiger partial charge in [-0.2, -0.15) is 0 Å². The Morgan fingerprint density at radius 1 is 1.31 bits per heavy atom. The molecule has 0 spiro atoms. The van der Waals surface area contributed by atoms with E-state index in [1.54, 1.807) is 6.07 Å². The topological polar surface area (TPSA) is 32.3 Å². The van der Waals surface area contributed by atoms with Gasteiger partial charge in [0.05, 0.1) is 0 Å². The highest BCUT2D eigenvalue weighted by atomic mass is 16.3. The minimum Gasteiger partial charge on any atom is -0.508 e. The fourth-order valence-corrected chi connectivity index (χ4v) is 2.25. The van der Waals surface area contributed by atoms with E-state index in [4.69, 9.17) is 0 Å². The first-order valence-electron chi connectivity index (χ1n) is 6.00. The standard InChI is InChI=1S/C14H19NO/c1-2-13(15-11-7-3-4-8-11)12-9-5-6-10-14(12)16/h3-6,9-11,13,15-16H,2,7-8H2,1H3/t13-/m0/s1. The first-order valence-corrected chi connectivity index (χ1v) is 6.00. The molecule has 1 aromatic carbocycles. The summed E-state index contributed by atoms with van der Waals surface area (Å²) in [6, 6.07) is 8.39. The first-order chi connectivity index (χ1) is 7.81. The average Bonchev–Trinajstić information content (AvgIpc) is 2.80. The largest absolute Gasteiger partial charge is 0.508 e. The van der Waals surface area contributed by atoms with Crippen LogP contribution in [0.5, 0.6) is 5.75 Å². The number of phenolic OH excluding ortho intramolecular Hbond substituents is 1. The Hall–Kier alpha value is -1.28. The van der Waals surface area contributed by atoms with Crippen molar-refractivity contribution >= 4 is 0 Å². The van der Waals surface area contributed by atoms with Crippen molar-refractivity contribution in [3.8, 4) is 5.75 Å². The minimum absolute atomic E-state index is 0.256. The summed E-state index contributed by atoms with van der Waals surface area (Å²) in [6.45, 7) is 2.15. The van der Waals surface area contributed by atoms with Crippen LogP contribution in [-0.4, -0.2) is 11.1 Å². The van der Waals surface area contributed by atoms with Crippen molar-refractivity contribution in [1.82, 2.24) is 5.32 Å². The zero-order valence-electron chi connectivity index (χ0n) is 9.69. The lowest BCUT2D eigenvalue weighted by atomic mass is 10.0. The van der Waals surface area contributed by atoms with E-state index in [-0.39, 0.29) is 6.04 Å². The molecule has 16 heavy (non-hydrogen) atoms. The highest BCUT2D eigenvalue weighted by Crippen LogP contribution is 2.27. The van der Waals surface area contributed by atoms with E-state index in [9.17, 15) is 5.11 Å². The van der Waals surface area contributed by atoms with Gasteiger partial charge in [-0.3, -0.25) is 0 Å². The predicted octanol–water partition coefficient (Wildman–Crippen LogP) is 3.15. The van der Waals surface area contributed by atoms with Crippen LogP contribution < -0.4 is 5.32 Å². The summed E-state index contributed by atoms with van der Waals surface area (Å²) in [7, 11) is 0. The molecule has 1 aliphatic carbocycles. The Balaban J connectivity index is 2.07. The minimum atomic E-state index is 0.256. The average molecular weight is 217 g/mol. The zero-order chi connectivity index (χ0) is 11.4. The number of hydrogen-bond acceptors (Lipinski definition) is 2. The first kappa shape index (κ1) is 11.2. The molecule has 0 amide bonds. The van der Waals surface area contributed by atoms with Crippen LogP contribution in [0, 0.1) is 0 Å². The molecule has 2 rings (SSSR count). The van der Waals surface area contributed by atoms with Gasteiger partial charge in [-0.1, -0.05) is 37.3 Å². The predicted molar refractivity (Wildman–Crippen MR) is 66.4 cm³/mol. The zero-order valence-corrected chi connectivity index (χ0v) is 9.69. The van der Waals surface area contributed by atoms with E-state index in [1.807, 2.05) is 18.2 Å². The third kappa shape index (κ3) is 2.45. The summed E-state index contributed by atoms with van der Waals surface area (Å²) in [6.07, 6.45) is 7.63. The number of aromatic hydroxyl groups is 1. The number of hydrogen-bond donors (Lipinski definition) is 2. The lowest BCUT2D eigenvalue weighted by Gasteiger charge is -2.22. The molecule has 1 aliphatic rings. The maximum atomic E-state index is 9.83. The molecule has 0 saturated heterocycles. The second kappa shape index (κ2) is 5.17. The van der Waals surface area contributed by atoms with Crippen molar-refractivity contribution in [3.63, 3.8) is 0 Å². The van der Waals surface area contributed by atoms with Gasteiger partial charge < -0.3 is 10.4 Å². The van der Waals surface area contributed by atoms with Crippen LogP contribution in [0.2, 0.25) is 0 Å². The molecule has 0 saturated carbocycles. The number of benzene rings is 1. The van der Waals surface area contributed by atoms with Crippen molar-refractivity contribution in [2.45, 2.75) is 38.3 Å². The maximum absolute atomic E-state index is 9.83. The van der Waals surface area contributed by atoms with Crippen LogP contribution in [0.3, 0.4) is 0 Å². The molecule has 2 N–H and O–H groups in total. The number of para-hydroxylation sites is 1. The lowest BCUT2D eigenvalue weighted by molar-refractivity contribution is 0.410. The van der Waals surface area contributed by atoms with Crippen LogP contribution >= 0.6 is 0 Å². The molecule has 0 unspecified atom stereocenters.